The van der Waals surface area contributed by atoms with Crippen LogP contribution < -0.4 is 5.11 Å². The van der Waals surface area contributed by atoms with Crippen molar-refractivity contribution in [3.05, 3.63) is 47.4 Å². The van der Waals surface area contributed by atoms with E-state index in [2.05, 4.69) is 45.0 Å². The molecule has 1 heterocycles. The second-order valence-corrected chi connectivity index (χ2v) is 7.36. The van der Waals surface area contributed by atoms with Gasteiger partial charge in [0, 0.05) is 30.6 Å². The van der Waals surface area contributed by atoms with Crippen LogP contribution in [0, 0.1) is 12.8 Å². The van der Waals surface area contributed by atoms with Crippen molar-refractivity contribution in [3.63, 3.8) is 0 Å². The second kappa shape index (κ2) is 8.89. The number of aliphatic hydroxyl groups excluding tert-OH is 1. The lowest BCUT2D eigenvalue weighted by molar-refractivity contribution is -0.438. The molecule has 1 aromatic carbocycles. The van der Waals surface area contributed by atoms with Crippen molar-refractivity contribution in [1.82, 2.24) is 4.90 Å². The van der Waals surface area contributed by atoms with E-state index in [0.717, 1.165) is 19.3 Å². The predicted molar refractivity (Wildman–Crippen MR) is 100 cm³/mol. The van der Waals surface area contributed by atoms with Crippen LogP contribution in [0.3, 0.4) is 0 Å². The average Bonchev–Trinajstić information content (AvgIpc) is 2.62. The van der Waals surface area contributed by atoms with Crippen LogP contribution in [0.1, 0.15) is 44.2 Å². The molecule has 5 heteroatoms. The molecule has 1 aliphatic rings. The van der Waals surface area contributed by atoms with E-state index >= 15 is 0 Å². The number of methoxy groups -OCH3 is 1. The molecule has 3 unspecified atom stereocenters. The van der Waals surface area contributed by atoms with Crippen molar-refractivity contribution in [2.75, 3.05) is 20.2 Å². The summed E-state index contributed by atoms with van der Waals surface area (Å²) in [6, 6.07) is 8.45. The van der Waals surface area contributed by atoms with E-state index in [4.69, 9.17) is 4.74 Å². The topological polar surface area (TPSA) is 76.0 Å². The molecule has 1 aromatic rings. The Kier molecular flexibility index (Phi) is 7.09. The monoisotopic (exact) mass is 362 g/mol. The third-order valence-electron chi connectivity index (χ3n) is 5.67. The molecule has 3 atom stereocenters. The minimum atomic E-state index is -1.65. The van der Waals surface area contributed by atoms with Gasteiger partial charge in [-0.15, -0.1) is 0 Å². The Morgan fingerprint density at radius 1 is 1.31 bits per heavy atom. The maximum Gasteiger partial charge on any atom is 0.155 e. The van der Waals surface area contributed by atoms with Crippen LogP contribution in [-0.2, 0) is 10.2 Å². The summed E-state index contributed by atoms with van der Waals surface area (Å²) in [5.41, 5.74) is 2.52. The number of aryl methyl sites for hydroxylation is 1. The minimum absolute atomic E-state index is 0.0594. The highest BCUT2D eigenvalue weighted by atomic mass is 16.5. The highest BCUT2D eigenvalue weighted by molar-refractivity contribution is 5.34. The molecule has 0 aromatic heterocycles. The van der Waals surface area contributed by atoms with E-state index in [1.165, 1.54) is 18.2 Å². The number of ether oxygens (including phenoxy) is 1. The summed E-state index contributed by atoms with van der Waals surface area (Å²) in [5.74, 6) is -0.538. The van der Waals surface area contributed by atoms with Gasteiger partial charge < -0.3 is 25.0 Å². The van der Waals surface area contributed by atoms with E-state index in [9.17, 15) is 15.3 Å². The quantitative estimate of drug-likeness (QED) is 0.691. The summed E-state index contributed by atoms with van der Waals surface area (Å²) in [5, 5.41) is 31.7. The van der Waals surface area contributed by atoms with E-state index in [1.54, 1.807) is 6.20 Å². The van der Waals surface area contributed by atoms with E-state index in [1.807, 2.05) is 4.90 Å². The molecule has 1 aliphatic heterocycles. The van der Waals surface area contributed by atoms with Gasteiger partial charge in [0.1, 0.15) is 0 Å². The highest BCUT2D eigenvalue weighted by Crippen LogP contribution is 2.37. The fourth-order valence-electron chi connectivity index (χ4n) is 4.23. The van der Waals surface area contributed by atoms with E-state index in [0.29, 0.717) is 13.1 Å². The molecule has 0 aliphatic carbocycles. The van der Waals surface area contributed by atoms with Gasteiger partial charge in [-0.25, -0.2) is 0 Å². The van der Waals surface area contributed by atoms with Gasteiger partial charge in [0.15, 0.2) is 6.29 Å². The maximum atomic E-state index is 12.4. The molecular formula is C21H32NO4-. The molecule has 2 rings (SSSR count). The first-order valence-electron chi connectivity index (χ1n) is 9.46. The van der Waals surface area contributed by atoms with Gasteiger partial charge in [-0.2, -0.15) is 0 Å². The standard InChI is InChI=1S/C21H32NO4/c1-5-11-21(6-2,17-10-8-7-9-15(17)3)14-22-12-16(20(24)25)19(23)18(13-22)26-4/h7-10,13,16,19-20,24-25H,5-6,11-12,14H2,1-4H3/q-1. The fourth-order valence-corrected chi connectivity index (χ4v) is 4.23. The van der Waals surface area contributed by atoms with Gasteiger partial charge in [0.25, 0.3) is 0 Å². The molecule has 0 fully saturated rings. The first kappa shape index (κ1) is 20.7. The summed E-state index contributed by atoms with van der Waals surface area (Å²) in [7, 11) is 1.46. The lowest BCUT2D eigenvalue weighted by atomic mass is 9.72. The Morgan fingerprint density at radius 3 is 2.54 bits per heavy atom. The molecule has 146 valence electrons. The predicted octanol–water partition coefficient (Wildman–Crippen LogP) is 1.90. The van der Waals surface area contributed by atoms with Crippen LogP contribution in [0.2, 0.25) is 0 Å². The zero-order valence-corrected chi connectivity index (χ0v) is 16.3. The molecule has 0 saturated carbocycles. The van der Waals surface area contributed by atoms with Crippen molar-refractivity contribution in [3.8, 4) is 0 Å². The lowest BCUT2D eigenvalue weighted by Gasteiger charge is -2.46. The number of benzene rings is 1. The Bertz CT molecular complexity index is 616. The number of rotatable bonds is 8. The Labute approximate surface area is 156 Å². The molecule has 0 radical (unpaired) electrons. The third-order valence-corrected chi connectivity index (χ3v) is 5.67. The van der Waals surface area contributed by atoms with Crippen LogP contribution >= 0.6 is 0 Å². The molecule has 2 N–H and O–H groups in total. The molecule has 0 saturated heterocycles. The van der Waals surface area contributed by atoms with Crippen molar-refractivity contribution in [1.29, 1.82) is 0 Å². The van der Waals surface area contributed by atoms with Crippen LogP contribution in [0.4, 0.5) is 0 Å². The lowest BCUT2D eigenvalue weighted by Crippen LogP contribution is -2.53. The number of nitrogens with zero attached hydrogens (tertiary/aromatic N) is 1. The number of hydrogen-bond acceptors (Lipinski definition) is 5. The van der Waals surface area contributed by atoms with Crippen molar-refractivity contribution >= 4 is 0 Å². The average molecular weight is 362 g/mol. The first-order valence-corrected chi connectivity index (χ1v) is 9.46. The maximum absolute atomic E-state index is 12.4. The first-order chi connectivity index (χ1) is 12.4. The third kappa shape index (κ3) is 4.22. The summed E-state index contributed by atoms with van der Waals surface area (Å²) >= 11 is 0. The van der Waals surface area contributed by atoms with Gasteiger partial charge >= 0.3 is 0 Å². The smallest absolute Gasteiger partial charge is 0.155 e. The van der Waals surface area contributed by atoms with Crippen LogP contribution in [0.15, 0.2) is 36.2 Å². The molecule has 0 spiro atoms. The number of hydrogen-bond donors (Lipinski definition) is 2. The Balaban J connectivity index is 2.39. The summed E-state index contributed by atoms with van der Waals surface area (Å²) in [6.45, 7) is 7.54. The minimum Gasteiger partial charge on any atom is -0.846 e. The molecule has 0 bridgehead atoms. The Morgan fingerprint density at radius 2 is 2.00 bits per heavy atom. The van der Waals surface area contributed by atoms with E-state index < -0.39 is 18.3 Å². The summed E-state index contributed by atoms with van der Waals surface area (Å²) < 4.78 is 5.24. The highest BCUT2D eigenvalue weighted by Gasteiger charge is 2.36. The largest absolute Gasteiger partial charge is 0.846 e. The Hall–Kier alpha value is -1.56. The van der Waals surface area contributed by atoms with Gasteiger partial charge in [-0.05, 0) is 30.9 Å². The van der Waals surface area contributed by atoms with Gasteiger partial charge in [0.05, 0.1) is 12.9 Å². The van der Waals surface area contributed by atoms with Crippen molar-refractivity contribution < 1.29 is 20.1 Å². The van der Waals surface area contributed by atoms with Crippen LogP contribution in [0.25, 0.3) is 0 Å². The number of aliphatic hydroxyl groups is 2. The SMILES string of the molecule is CCCC(CC)(CN1C=C(OC)C([O-])C(C(O)O)C1)c1ccccc1C. The molecule has 5 nitrogen and oxygen atoms in total. The molecule has 26 heavy (non-hydrogen) atoms. The van der Waals surface area contributed by atoms with Crippen LogP contribution in [0.5, 0.6) is 0 Å². The molecule has 0 amide bonds. The van der Waals surface area contributed by atoms with Crippen LogP contribution in [-0.4, -0.2) is 47.7 Å². The zero-order chi connectivity index (χ0) is 19.3. The van der Waals surface area contributed by atoms with Gasteiger partial charge in [-0.1, -0.05) is 50.6 Å². The van der Waals surface area contributed by atoms with Gasteiger partial charge in [0.2, 0.25) is 0 Å². The molecular weight excluding hydrogens is 330 g/mol. The second-order valence-electron chi connectivity index (χ2n) is 7.36. The zero-order valence-electron chi connectivity index (χ0n) is 16.3. The van der Waals surface area contributed by atoms with Crippen molar-refractivity contribution in [2.45, 2.75) is 57.8 Å². The van der Waals surface area contributed by atoms with Gasteiger partial charge in [-0.3, -0.25) is 0 Å². The summed E-state index contributed by atoms with van der Waals surface area (Å²) in [6.07, 6.45) is 1.89. The fraction of sp³-hybridized carbons (Fsp3) is 0.619. The van der Waals surface area contributed by atoms with Crippen molar-refractivity contribution in [2.24, 2.45) is 5.92 Å². The summed E-state index contributed by atoms with van der Waals surface area (Å²) in [4.78, 5) is 2.03. The van der Waals surface area contributed by atoms with E-state index in [-0.39, 0.29) is 11.2 Å². The normalized spacial score (nSPS) is 22.9.